The van der Waals surface area contributed by atoms with E-state index in [9.17, 15) is 9.59 Å². The van der Waals surface area contributed by atoms with Crippen LogP contribution in [0.25, 0.3) is 0 Å². The average molecular weight is 522 g/mol. The maximum atomic E-state index is 13.3. The lowest BCUT2D eigenvalue weighted by atomic mass is 9.75. The predicted molar refractivity (Wildman–Crippen MR) is 147 cm³/mol. The Bertz CT molecular complexity index is 1330. The van der Waals surface area contributed by atoms with Crippen molar-refractivity contribution in [3.63, 3.8) is 0 Å². The van der Waals surface area contributed by atoms with Gasteiger partial charge in [0.25, 0.3) is 0 Å². The summed E-state index contributed by atoms with van der Waals surface area (Å²) in [6.07, 6.45) is 3.88. The molecule has 5 atom stereocenters. The Balaban J connectivity index is 1.33. The van der Waals surface area contributed by atoms with E-state index in [4.69, 9.17) is 4.74 Å². The van der Waals surface area contributed by atoms with Crippen LogP contribution in [0.2, 0.25) is 0 Å². The summed E-state index contributed by atoms with van der Waals surface area (Å²) in [6.45, 7) is 0.0292. The molecule has 0 saturated heterocycles. The van der Waals surface area contributed by atoms with Gasteiger partial charge in [0.05, 0.1) is 12.1 Å². The molecule has 3 aliphatic rings. The van der Waals surface area contributed by atoms with Gasteiger partial charge >= 0.3 is 4.87 Å². The van der Waals surface area contributed by atoms with Crippen LogP contribution in [0.3, 0.4) is 0 Å². The number of carbonyl (C=O) groups excluding carboxylic acids is 1. The van der Waals surface area contributed by atoms with Crippen LogP contribution in [0.15, 0.2) is 58.4 Å². The third-order valence-electron chi connectivity index (χ3n) is 8.13. The molecular weight excluding hydrogens is 490 g/mol. The standard InChI is InChI=1S/C28H31N3O3S2/c1-30(2)20-10-6-16(7-11-20)23-24-17-4-5-18(14-17)25(24)35-27-26(23)36-28(33)31(27)15-22(32)29-19-8-12-21(34-3)13-9-19/h6-13,17-18,23-25H,4-5,14-15H2,1-3H3,(H,29,32)/t17-,18-,23-,24-,25+/m0/s1. The second-order valence-electron chi connectivity index (χ2n) is 10.4. The average Bonchev–Trinajstić information content (AvgIpc) is 3.57. The van der Waals surface area contributed by atoms with Crippen molar-refractivity contribution >= 4 is 40.4 Å². The van der Waals surface area contributed by atoms with E-state index in [1.165, 1.54) is 41.9 Å². The topological polar surface area (TPSA) is 63.6 Å². The first kappa shape index (κ1) is 23.7. The van der Waals surface area contributed by atoms with Gasteiger partial charge in [-0.05, 0) is 79.0 Å². The normalized spacial score (nSPS) is 25.8. The van der Waals surface area contributed by atoms with Gasteiger partial charge in [0.15, 0.2) is 0 Å². The smallest absolute Gasteiger partial charge is 0.308 e. The molecule has 1 N–H and O–H groups in total. The third kappa shape index (κ3) is 4.04. The molecule has 0 unspecified atom stereocenters. The molecule has 1 aromatic heterocycles. The lowest BCUT2D eigenvalue weighted by Gasteiger charge is -2.40. The van der Waals surface area contributed by atoms with Crippen LogP contribution in [0.5, 0.6) is 5.75 Å². The number of rotatable bonds is 6. The van der Waals surface area contributed by atoms with Gasteiger partial charge in [-0.15, -0.1) is 11.8 Å². The molecule has 1 amide bonds. The summed E-state index contributed by atoms with van der Waals surface area (Å²) in [4.78, 5) is 29.4. The van der Waals surface area contributed by atoms with Gasteiger partial charge in [-0.2, -0.15) is 0 Å². The molecule has 0 spiro atoms. The highest BCUT2D eigenvalue weighted by Gasteiger charge is 2.55. The first-order valence-electron chi connectivity index (χ1n) is 12.5. The molecule has 2 aliphatic carbocycles. The highest BCUT2D eigenvalue weighted by Crippen LogP contribution is 2.64. The highest BCUT2D eigenvalue weighted by atomic mass is 32.2. The number of carbonyl (C=O) groups is 1. The summed E-state index contributed by atoms with van der Waals surface area (Å²) >= 11 is 3.21. The van der Waals surface area contributed by atoms with E-state index in [2.05, 4.69) is 48.6 Å². The lowest BCUT2D eigenvalue weighted by molar-refractivity contribution is -0.116. The number of nitrogens with one attached hydrogen (secondary N) is 1. The maximum Gasteiger partial charge on any atom is 0.308 e. The van der Waals surface area contributed by atoms with E-state index in [0.717, 1.165) is 21.6 Å². The Morgan fingerprint density at radius 3 is 2.50 bits per heavy atom. The van der Waals surface area contributed by atoms with Crippen molar-refractivity contribution in [2.45, 2.75) is 42.0 Å². The summed E-state index contributed by atoms with van der Waals surface area (Å²) in [5.74, 6) is 2.76. The number of thiazole rings is 1. The largest absolute Gasteiger partial charge is 0.497 e. The van der Waals surface area contributed by atoms with Crippen molar-refractivity contribution in [3.05, 3.63) is 68.6 Å². The number of ether oxygens (including phenoxy) is 1. The van der Waals surface area contributed by atoms with Crippen molar-refractivity contribution in [2.75, 3.05) is 31.4 Å². The van der Waals surface area contributed by atoms with Crippen molar-refractivity contribution in [2.24, 2.45) is 17.8 Å². The first-order valence-corrected chi connectivity index (χ1v) is 14.2. The minimum Gasteiger partial charge on any atom is -0.497 e. The molecule has 2 heterocycles. The number of aromatic nitrogens is 1. The van der Waals surface area contributed by atoms with Gasteiger partial charge in [-0.25, -0.2) is 0 Å². The SMILES string of the molecule is COc1ccc(NC(=O)Cn2c3c(sc2=O)[C@@H](c2ccc(N(C)C)cc2)[C@@H]2[C@H]4CC[C@@H](C4)[C@H]2S3)cc1. The monoisotopic (exact) mass is 521 g/mol. The maximum absolute atomic E-state index is 13.3. The molecule has 2 bridgehead atoms. The molecule has 3 aromatic rings. The number of nitrogens with zero attached hydrogens (tertiary/aromatic N) is 2. The number of methoxy groups -OCH3 is 1. The van der Waals surface area contributed by atoms with Crippen LogP contribution in [0, 0.1) is 17.8 Å². The van der Waals surface area contributed by atoms with Crippen LogP contribution in [0.4, 0.5) is 11.4 Å². The van der Waals surface area contributed by atoms with Gasteiger partial charge in [-0.3, -0.25) is 14.2 Å². The molecule has 6 rings (SSSR count). The van der Waals surface area contributed by atoms with Crippen LogP contribution < -0.4 is 19.8 Å². The molecular formula is C28H31N3O3S2. The number of hydrogen-bond donors (Lipinski definition) is 1. The summed E-state index contributed by atoms with van der Waals surface area (Å²) in [5, 5.41) is 4.45. The number of fused-ring (bicyclic) bond motifs is 6. The van der Waals surface area contributed by atoms with E-state index in [-0.39, 0.29) is 23.2 Å². The van der Waals surface area contributed by atoms with Crippen LogP contribution in [0.1, 0.15) is 35.6 Å². The van der Waals surface area contributed by atoms with Crippen LogP contribution in [-0.4, -0.2) is 36.9 Å². The Labute approximate surface area is 219 Å². The zero-order valence-corrected chi connectivity index (χ0v) is 22.4. The van der Waals surface area contributed by atoms with E-state index >= 15 is 0 Å². The fourth-order valence-corrected chi connectivity index (χ4v) is 9.61. The van der Waals surface area contributed by atoms with Gasteiger partial charge in [-0.1, -0.05) is 23.5 Å². The molecule has 188 valence electrons. The van der Waals surface area contributed by atoms with Gasteiger partial charge in [0.2, 0.25) is 5.91 Å². The van der Waals surface area contributed by atoms with Crippen molar-refractivity contribution < 1.29 is 9.53 Å². The summed E-state index contributed by atoms with van der Waals surface area (Å²) in [6, 6.07) is 16.1. The number of benzene rings is 2. The third-order valence-corrected chi connectivity index (χ3v) is 11.0. The molecule has 2 fully saturated rings. The minimum absolute atomic E-state index is 0.0292. The van der Waals surface area contributed by atoms with Crippen LogP contribution in [-0.2, 0) is 11.3 Å². The summed E-state index contributed by atoms with van der Waals surface area (Å²) in [5.41, 5.74) is 3.16. The fraction of sp³-hybridized carbons (Fsp3) is 0.429. The molecule has 2 aromatic carbocycles. The fourth-order valence-electron chi connectivity index (χ4n) is 6.46. The molecule has 1 aliphatic heterocycles. The second kappa shape index (κ2) is 9.30. The first-order chi connectivity index (χ1) is 17.4. The van der Waals surface area contributed by atoms with Gasteiger partial charge < -0.3 is 15.0 Å². The second-order valence-corrected chi connectivity index (χ2v) is 12.5. The lowest BCUT2D eigenvalue weighted by Crippen LogP contribution is -2.34. The number of thioether (sulfide) groups is 1. The predicted octanol–water partition coefficient (Wildman–Crippen LogP) is 5.28. The van der Waals surface area contributed by atoms with E-state index in [0.29, 0.717) is 22.8 Å². The molecule has 2 saturated carbocycles. The van der Waals surface area contributed by atoms with Gasteiger partial charge in [0, 0.05) is 41.5 Å². The minimum atomic E-state index is -0.189. The summed E-state index contributed by atoms with van der Waals surface area (Å²) in [7, 11) is 5.72. The molecule has 36 heavy (non-hydrogen) atoms. The van der Waals surface area contributed by atoms with Crippen molar-refractivity contribution in [1.29, 1.82) is 0 Å². The zero-order chi connectivity index (χ0) is 25.0. The zero-order valence-electron chi connectivity index (χ0n) is 20.8. The number of anilines is 2. The van der Waals surface area contributed by atoms with E-state index in [1.54, 1.807) is 11.7 Å². The van der Waals surface area contributed by atoms with E-state index < -0.39 is 0 Å². The summed E-state index contributed by atoms with van der Waals surface area (Å²) < 4.78 is 6.91. The quantitative estimate of drug-likeness (QED) is 0.479. The van der Waals surface area contributed by atoms with Gasteiger partial charge in [0.1, 0.15) is 12.3 Å². The highest BCUT2D eigenvalue weighted by molar-refractivity contribution is 8.00. The molecule has 8 heteroatoms. The number of amides is 1. The molecule has 6 nitrogen and oxygen atoms in total. The Morgan fingerprint density at radius 2 is 1.81 bits per heavy atom. The van der Waals surface area contributed by atoms with Crippen molar-refractivity contribution in [3.8, 4) is 5.75 Å². The Morgan fingerprint density at radius 1 is 1.08 bits per heavy atom. The van der Waals surface area contributed by atoms with Crippen molar-refractivity contribution in [1.82, 2.24) is 4.57 Å². The Hall–Kier alpha value is -2.71. The Kier molecular flexibility index (Phi) is 6.12. The molecule has 0 radical (unpaired) electrons. The van der Waals surface area contributed by atoms with Crippen LogP contribution >= 0.6 is 23.1 Å². The van der Waals surface area contributed by atoms with E-state index in [1.807, 2.05) is 36.0 Å². The number of hydrogen-bond acceptors (Lipinski definition) is 6.